The van der Waals surface area contributed by atoms with Gasteiger partial charge in [0.25, 0.3) is 5.91 Å². The highest BCUT2D eigenvalue weighted by molar-refractivity contribution is 6.08. The van der Waals surface area contributed by atoms with Crippen LogP contribution in [0.4, 0.5) is 11.4 Å². The first-order valence-electron chi connectivity index (χ1n) is 12.1. The van der Waals surface area contributed by atoms with Crippen molar-refractivity contribution in [1.29, 1.82) is 0 Å². The van der Waals surface area contributed by atoms with Gasteiger partial charge in [0.1, 0.15) is 17.1 Å². The quantitative estimate of drug-likeness (QED) is 0.252. The predicted octanol–water partition coefficient (Wildman–Crippen LogP) is 5.72. The Hall–Kier alpha value is -4.46. The van der Waals surface area contributed by atoms with Crippen LogP contribution in [-0.2, 0) is 13.0 Å². The van der Waals surface area contributed by atoms with Crippen LogP contribution in [0.5, 0.6) is 5.75 Å². The summed E-state index contributed by atoms with van der Waals surface area (Å²) in [5, 5.41) is 15.9. The van der Waals surface area contributed by atoms with Crippen LogP contribution in [0.1, 0.15) is 50.0 Å². The van der Waals surface area contributed by atoms with Crippen LogP contribution in [0, 0.1) is 30.9 Å². The fourth-order valence-electron chi connectivity index (χ4n) is 5.14. The van der Waals surface area contributed by atoms with Gasteiger partial charge in [0, 0.05) is 16.8 Å². The van der Waals surface area contributed by atoms with E-state index in [4.69, 9.17) is 4.74 Å². The van der Waals surface area contributed by atoms with E-state index >= 15 is 0 Å². The van der Waals surface area contributed by atoms with Crippen LogP contribution in [0.2, 0.25) is 0 Å². The number of rotatable bonds is 6. The number of carbonyl (C=O) groups is 1. The third kappa shape index (κ3) is 4.35. The number of nitro groups is 1. The summed E-state index contributed by atoms with van der Waals surface area (Å²) in [4.78, 5) is 26.7. The molecule has 8 heteroatoms. The number of hydrogen-bond donors (Lipinski definition) is 0. The number of anilines is 1. The molecule has 1 unspecified atom stereocenters. The minimum Gasteiger partial charge on any atom is -0.496 e. The summed E-state index contributed by atoms with van der Waals surface area (Å²) >= 11 is 0. The lowest BCUT2D eigenvalue weighted by Crippen LogP contribution is -2.40. The Morgan fingerprint density at radius 2 is 1.78 bits per heavy atom. The van der Waals surface area contributed by atoms with Crippen molar-refractivity contribution in [2.24, 2.45) is 0 Å². The number of fused-ring (bicyclic) bond motifs is 1. The molecule has 0 saturated carbocycles. The lowest BCUT2D eigenvalue weighted by Gasteiger charge is -2.37. The Balaban J connectivity index is 1.60. The number of carbonyl (C=O) groups excluding carboxylic acids is 1. The zero-order valence-corrected chi connectivity index (χ0v) is 21.3. The van der Waals surface area contributed by atoms with Gasteiger partial charge in [-0.15, -0.1) is 0 Å². The smallest absolute Gasteiger partial charge is 0.312 e. The summed E-state index contributed by atoms with van der Waals surface area (Å²) in [5.41, 5.74) is 6.34. The van der Waals surface area contributed by atoms with Crippen molar-refractivity contribution in [3.05, 3.63) is 116 Å². The highest BCUT2D eigenvalue weighted by atomic mass is 16.6. The van der Waals surface area contributed by atoms with Crippen molar-refractivity contribution in [2.45, 2.75) is 39.8 Å². The molecule has 0 radical (unpaired) electrons. The highest BCUT2D eigenvalue weighted by Gasteiger charge is 2.34. The Labute approximate surface area is 215 Å². The lowest BCUT2D eigenvalue weighted by atomic mass is 9.88. The van der Waals surface area contributed by atoms with Crippen LogP contribution < -0.4 is 9.64 Å². The van der Waals surface area contributed by atoms with Crippen LogP contribution >= 0.6 is 0 Å². The minimum atomic E-state index is -0.396. The first-order valence-corrected chi connectivity index (χ1v) is 12.1. The molecule has 1 atom stereocenters. The van der Waals surface area contributed by atoms with Crippen molar-refractivity contribution < 1.29 is 14.5 Å². The molecule has 1 aliphatic heterocycles. The number of benzene rings is 3. The van der Waals surface area contributed by atoms with Crippen molar-refractivity contribution >= 4 is 17.3 Å². The van der Waals surface area contributed by atoms with Gasteiger partial charge in [0.2, 0.25) is 0 Å². The maximum atomic E-state index is 13.8. The second-order valence-corrected chi connectivity index (χ2v) is 9.39. The molecule has 1 aliphatic rings. The standard InChI is InChI=1S/C29H28N4O4/c1-18-9-12-24(13-10-18)32-26(16-21-7-5-6-8-25(21)29(32)34)22-11-14-27(37-4)23(15-22)17-31-20(3)28(33(35)36)19(2)30-31/h5-15,26H,16-17H2,1-4H3. The molecule has 8 nitrogen and oxygen atoms in total. The average molecular weight is 497 g/mol. The van der Waals surface area contributed by atoms with E-state index in [0.717, 1.165) is 27.9 Å². The molecular formula is C29H28N4O4. The van der Waals surface area contributed by atoms with E-state index in [2.05, 4.69) is 5.10 Å². The maximum absolute atomic E-state index is 13.8. The van der Waals surface area contributed by atoms with E-state index in [-0.39, 0.29) is 17.6 Å². The topological polar surface area (TPSA) is 90.5 Å². The zero-order chi connectivity index (χ0) is 26.3. The lowest BCUT2D eigenvalue weighted by molar-refractivity contribution is -0.386. The fraction of sp³-hybridized carbons (Fsp3) is 0.241. The van der Waals surface area contributed by atoms with Gasteiger partial charge in [-0.2, -0.15) is 5.10 Å². The van der Waals surface area contributed by atoms with Gasteiger partial charge >= 0.3 is 5.69 Å². The molecule has 4 aromatic rings. The molecule has 188 valence electrons. The number of amides is 1. The molecule has 0 N–H and O–H groups in total. The molecule has 0 fully saturated rings. The van der Waals surface area contributed by atoms with E-state index in [9.17, 15) is 14.9 Å². The summed E-state index contributed by atoms with van der Waals surface area (Å²) in [5.74, 6) is 0.616. The van der Waals surface area contributed by atoms with Gasteiger partial charge in [-0.1, -0.05) is 42.0 Å². The van der Waals surface area contributed by atoms with E-state index in [0.29, 0.717) is 35.7 Å². The monoisotopic (exact) mass is 496 g/mol. The van der Waals surface area contributed by atoms with Crippen LogP contribution in [-0.4, -0.2) is 27.7 Å². The summed E-state index contributed by atoms with van der Waals surface area (Å²) in [6.45, 7) is 5.66. The van der Waals surface area contributed by atoms with E-state index < -0.39 is 4.92 Å². The number of ether oxygens (including phenoxy) is 1. The van der Waals surface area contributed by atoms with Crippen molar-refractivity contribution in [3.8, 4) is 5.75 Å². The summed E-state index contributed by atoms with van der Waals surface area (Å²) < 4.78 is 7.26. The van der Waals surface area contributed by atoms with Crippen molar-refractivity contribution in [2.75, 3.05) is 12.0 Å². The Kier molecular flexibility index (Phi) is 6.25. The number of aryl methyl sites for hydroxylation is 2. The van der Waals surface area contributed by atoms with Gasteiger partial charge in [0.15, 0.2) is 0 Å². The number of nitrogens with zero attached hydrogens (tertiary/aromatic N) is 4. The molecule has 1 aromatic heterocycles. The third-order valence-electron chi connectivity index (χ3n) is 7.04. The fourth-order valence-corrected chi connectivity index (χ4v) is 5.14. The van der Waals surface area contributed by atoms with Gasteiger partial charge in [-0.25, -0.2) is 0 Å². The molecule has 2 heterocycles. The largest absolute Gasteiger partial charge is 0.496 e. The SMILES string of the molecule is COc1ccc(C2Cc3ccccc3C(=O)N2c2ccc(C)cc2)cc1Cn1nc(C)c([N+](=O)[O-])c1C. The van der Waals surface area contributed by atoms with Crippen molar-refractivity contribution in [1.82, 2.24) is 9.78 Å². The molecule has 37 heavy (non-hydrogen) atoms. The number of aromatic nitrogens is 2. The van der Waals surface area contributed by atoms with Crippen molar-refractivity contribution in [3.63, 3.8) is 0 Å². The van der Waals surface area contributed by atoms with Gasteiger partial charge in [-0.3, -0.25) is 19.6 Å². The van der Waals surface area contributed by atoms with Crippen LogP contribution in [0.15, 0.2) is 66.7 Å². The molecule has 0 aliphatic carbocycles. The van der Waals surface area contributed by atoms with Crippen LogP contribution in [0.3, 0.4) is 0 Å². The summed E-state index contributed by atoms with van der Waals surface area (Å²) in [7, 11) is 1.60. The van der Waals surface area contributed by atoms with E-state index in [1.807, 2.05) is 78.6 Å². The molecule has 5 rings (SSSR count). The normalized spacial score (nSPS) is 15.0. The second-order valence-electron chi connectivity index (χ2n) is 9.39. The van der Waals surface area contributed by atoms with Gasteiger partial charge in [-0.05, 0) is 68.7 Å². The number of methoxy groups -OCH3 is 1. The molecule has 0 bridgehead atoms. The average Bonchev–Trinajstić information content (AvgIpc) is 3.17. The molecular weight excluding hydrogens is 468 g/mol. The maximum Gasteiger partial charge on any atom is 0.312 e. The molecule has 3 aromatic carbocycles. The molecule has 0 spiro atoms. The van der Waals surface area contributed by atoms with Crippen LogP contribution in [0.25, 0.3) is 0 Å². The molecule has 0 saturated heterocycles. The number of hydrogen-bond acceptors (Lipinski definition) is 5. The van der Waals surface area contributed by atoms with Gasteiger partial charge in [0.05, 0.1) is 24.6 Å². The second kappa shape index (κ2) is 9.54. The Bertz CT molecular complexity index is 1510. The van der Waals surface area contributed by atoms with E-state index in [1.54, 1.807) is 25.6 Å². The molecule has 1 amide bonds. The Morgan fingerprint density at radius 3 is 2.46 bits per heavy atom. The third-order valence-corrected chi connectivity index (χ3v) is 7.04. The summed E-state index contributed by atoms with van der Waals surface area (Å²) in [6, 6.07) is 21.4. The summed E-state index contributed by atoms with van der Waals surface area (Å²) in [6.07, 6.45) is 0.660. The first-order chi connectivity index (χ1) is 17.8. The van der Waals surface area contributed by atoms with Gasteiger partial charge < -0.3 is 9.64 Å². The zero-order valence-electron chi connectivity index (χ0n) is 21.3. The first kappa shape index (κ1) is 24.2. The highest BCUT2D eigenvalue weighted by Crippen LogP contribution is 2.38. The predicted molar refractivity (Wildman–Crippen MR) is 141 cm³/mol. The van der Waals surface area contributed by atoms with E-state index in [1.165, 1.54) is 0 Å². The minimum absolute atomic E-state index is 0.0233. The Morgan fingerprint density at radius 1 is 1.05 bits per heavy atom.